The summed E-state index contributed by atoms with van der Waals surface area (Å²) in [5.41, 5.74) is 0. The zero-order valence-corrected chi connectivity index (χ0v) is 7.85. The molecule has 0 unspecified atom stereocenters. The maximum Gasteiger partial charge on any atom is 0.454 e. The van der Waals surface area contributed by atoms with Crippen molar-refractivity contribution in [2.24, 2.45) is 0 Å². The van der Waals surface area contributed by atoms with E-state index in [0.717, 1.165) is 0 Å². The highest BCUT2D eigenvalue weighted by Crippen LogP contribution is 2.37. The summed E-state index contributed by atoms with van der Waals surface area (Å²) >= 11 is 10.9. The fraction of sp³-hybridized carbons (Fsp3) is 0.167. The van der Waals surface area contributed by atoms with Crippen LogP contribution in [0, 0.1) is 10.1 Å². The Bertz CT molecular complexity index is 350. The van der Waals surface area contributed by atoms with Crippen LogP contribution in [0.4, 0.5) is 5.88 Å². The number of ketones is 1. The predicted molar refractivity (Wildman–Crippen MR) is 45.4 cm³/mol. The average molecular weight is 224 g/mol. The molecule has 0 atom stereocenters. The van der Waals surface area contributed by atoms with Crippen LogP contribution in [0.3, 0.4) is 0 Å². The summed E-state index contributed by atoms with van der Waals surface area (Å²) in [7, 11) is 0. The van der Waals surface area contributed by atoms with Gasteiger partial charge in [0.1, 0.15) is 9.95 Å². The van der Waals surface area contributed by atoms with E-state index < -0.39 is 16.6 Å². The van der Waals surface area contributed by atoms with E-state index in [4.69, 9.17) is 23.2 Å². The van der Waals surface area contributed by atoms with Gasteiger partial charge in [0.15, 0.2) is 16.6 Å². The number of rotatable bonds is 2. The average Bonchev–Trinajstić information content (AvgIpc) is 2.29. The molecule has 0 aliphatic rings. The molecule has 0 aliphatic heterocycles. The molecule has 0 spiro atoms. The molecule has 13 heavy (non-hydrogen) atoms. The molecule has 0 fully saturated rings. The fourth-order valence-corrected chi connectivity index (χ4v) is 1.17. The molecule has 0 aliphatic carbocycles. The van der Waals surface area contributed by atoms with E-state index in [1.54, 1.807) is 0 Å². The van der Waals surface area contributed by atoms with Gasteiger partial charge in [-0.15, -0.1) is 0 Å². The van der Waals surface area contributed by atoms with Crippen molar-refractivity contribution < 1.29 is 14.1 Å². The monoisotopic (exact) mass is 223 g/mol. The molecule has 70 valence electrons. The maximum absolute atomic E-state index is 10.8. The number of hydrogen-bond donors (Lipinski definition) is 0. The van der Waals surface area contributed by atoms with Crippen LogP contribution in [0.1, 0.15) is 17.5 Å². The van der Waals surface area contributed by atoms with Gasteiger partial charge in [0.25, 0.3) is 0 Å². The van der Waals surface area contributed by atoms with Crippen molar-refractivity contribution in [1.82, 2.24) is 0 Å². The first kappa shape index (κ1) is 10.0. The Balaban J connectivity index is 3.36. The molecule has 1 aromatic heterocycles. The summed E-state index contributed by atoms with van der Waals surface area (Å²) in [5.74, 6) is -1.52. The lowest BCUT2D eigenvalue weighted by molar-refractivity contribution is -0.402. The maximum atomic E-state index is 10.8. The van der Waals surface area contributed by atoms with Gasteiger partial charge in [-0.2, -0.15) is 0 Å². The quantitative estimate of drug-likeness (QED) is 0.439. The predicted octanol–water partition coefficient (Wildman–Crippen LogP) is 2.70. The molecule has 7 heteroatoms. The minimum absolute atomic E-state index is 0.221. The third-order valence-corrected chi connectivity index (χ3v) is 2.07. The molecule has 1 rings (SSSR count). The van der Waals surface area contributed by atoms with Gasteiger partial charge in [0, 0.05) is 6.92 Å². The minimum atomic E-state index is -0.847. The van der Waals surface area contributed by atoms with Crippen LogP contribution in [-0.2, 0) is 0 Å². The molecule has 0 amide bonds. The fourth-order valence-electron chi connectivity index (χ4n) is 0.724. The van der Waals surface area contributed by atoms with E-state index in [2.05, 4.69) is 4.42 Å². The molecule has 0 radical (unpaired) electrons. The minimum Gasteiger partial charge on any atom is -0.395 e. The second kappa shape index (κ2) is 3.35. The van der Waals surface area contributed by atoms with Crippen molar-refractivity contribution in [1.29, 1.82) is 0 Å². The van der Waals surface area contributed by atoms with Crippen LogP contribution in [-0.4, -0.2) is 10.7 Å². The van der Waals surface area contributed by atoms with E-state index in [1.807, 2.05) is 0 Å². The highest BCUT2D eigenvalue weighted by molar-refractivity contribution is 6.44. The lowest BCUT2D eigenvalue weighted by Crippen LogP contribution is -1.88. The van der Waals surface area contributed by atoms with E-state index in [9.17, 15) is 14.9 Å². The van der Waals surface area contributed by atoms with Gasteiger partial charge in [-0.3, -0.25) is 14.9 Å². The summed E-state index contributed by atoms with van der Waals surface area (Å²) in [6.07, 6.45) is 0. The van der Waals surface area contributed by atoms with Gasteiger partial charge in [-0.05, 0) is 0 Å². The van der Waals surface area contributed by atoms with E-state index in [0.29, 0.717) is 0 Å². The largest absolute Gasteiger partial charge is 0.454 e. The summed E-state index contributed by atoms with van der Waals surface area (Å²) in [4.78, 5) is 20.2. The zero-order valence-electron chi connectivity index (χ0n) is 6.34. The number of carbonyl (C=O) groups excluding carboxylic acids is 1. The molecular weight excluding hydrogens is 221 g/mol. The molecule has 1 heterocycles. The molecule has 0 saturated carbocycles. The van der Waals surface area contributed by atoms with Gasteiger partial charge < -0.3 is 4.42 Å². The number of nitro groups is 1. The summed E-state index contributed by atoms with van der Waals surface area (Å²) < 4.78 is 4.56. The highest BCUT2D eigenvalue weighted by Gasteiger charge is 2.27. The van der Waals surface area contributed by atoms with E-state index in [-0.39, 0.29) is 15.8 Å². The van der Waals surface area contributed by atoms with Crippen LogP contribution >= 0.6 is 23.2 Å². The van der Waals surface area contributed by atoms with Gasteiger partial charge in [0.05, 0.1) is 0 Å². The van der Waals surface area contributed by atoms with Crippen LogP contribution in [0.2, 0.25) is 10.0 Å². The van der Waals surface area contributed by atoms with Crippen molar-refractivity contribution >= 4 is 34.9 Å². The lowest BCUT2D eigenvalue weighted by Gasteiger charge is -1.84. The van der Waals surface area contributed by atoms with Gasteiger partial charge in [-0.1, -0.05) is 23.2 Å². The van der Waals surface area contributed by atoms with Crippen molar-refractivity contribution in [3.8, 4) is 0 Å². The van der Waals surface area contributed by atoms with Crippen molar-refractivity contribution in [2.75, 3.05) is 0 Å². The Hall–Kier alpha value is -1.07. The standard InChI is InChI=1S/C6H3Cl2NO4/c1-2(10)5-3(7)4(8)6(13-5)9(11)12/h1H3. The molecule has 0 bridgehead atoms. The number of hydrogen-bond acceptors (Lipinski definition) is 4. The second-order valence-electron chi connectivity index (χ2n) is 2.18. The smallest absolute Gasteiger partial charge is 0.395 e. The number of carbonyl (C=O) groups is 1. The first-order chi connectivity index (χ1) is 5.95. The SMILES string of the molecule is CC(=O)c1oc([N+](=O)[O-])c(Cl)c1Cl. The Morgan fingerprint density at radius 2 is 2.00 bits per heavy atom. The summed E-state index contributed by atoms with van der Waals surface area (Å²) in [6.45, 7) is 1.17. The van der Waals surface area contributed by atoms with Gasteiger partial charge in [-0.25, -0.2) is 0 Å². The third-order valence-electron chi connectivity index (χ3n) is 1.26. The van der Waals surface area contributed by atoms with Crippen LogP contribution in [0.5, 0.6) is 0 Å². The Labute approximate surface area is 82.4 Å². The van der Waals surface area contributed by atoms with Crippen molar-refractivity contribution in [2.45, 2.75) is 6.92 Å². The number of furan rings is 1. The molecule has 0 aromatic carbocycles. The summed E-state index contributed by atoms with van der Waals surface area (Å²) in [6, 6.07) is 0. The number of Topliss-reactive ketones (excluding diaryl/α,β-unsaturated/α-hetero) is 1. The second-order valence-corrected chi connectivity index (χ2v) is 2.93. The third kappa shape index (κ3) is 1.66. The zero-order chi connectivity index (χ0) is 10.2. The molecular formula is C6H3Cl2NO4. The molecule has 0 N–H and O–H groups in total. The molecule has 1 aromatic rings. The van der Waals surface area contributed by atoms with Crippen LogP contribution in [0.15, 0.2) is 4.42 Å². The van der Waals surface area contributed by atoms with E-state index >= 15 is 0 Å². The van der Waals surface area contributed by atoms with Crippen molar-refractivity contribution in [3.63, 3.8) is 0 Å². The van der Waals surface area contributed by atoms with Gasteiger partial charge >= 0.3 is 5.88 Å². The Morgan fingerprint density at radius 3 is 2.23 bits per heavy atom. The normalized spacial score (nSPS) is 10.1. The topological polar surface area (TPSA) is 73.3 Å². The van der Waals surface area contributed by atoms with E-state index in [1.165, 1.54) is 6.92 Å². The summed E-state index contributed by atoms with van der Waals surface area (Å²) in [5, 5.41) is 9.70. The lowest BCUT2D eigenvalue weighted by atomic mass is 10.3. The molecule has 0 saturated heterocycles. The van der Waals surface area contributed by atoms with Crippen LogP contribution < -0.4 is 0 Å². The Morgan fingerprint density at radius 1 is 1.46 bits per heavy atom. The first-order valence-corrected chi connectivity index (χ1v) is 3.84. The van der Waals surface area contributed by atoms with Gasteiger partial charge in [0.2, 0.25) is 0 Å². The Kier molecular flexibility index (Phi) is 2.58. The highest BCUT2D eigenvalue weighted by atomic mass is 35.5. The number of halogens is 2. The first-order valence-electron chi connectivity index (χ1n) is 3.08. The van der Waals surface area contributed by atoms with Crippen molar-refractivity contribution in [3.05, 3.63) is 25.9 Å². The number of nitrogens with zero attached hydrogens (tertiary/aromatic N) is 1. The molecule has 5 nitrogen and oxygen atoms in total. The van der Waals surface area contributed by atoms with Crippen LogP contribution in [0.25, 0.3) is 0 Å².